The molecule has 4 rings (SSSR count). The van der Waals surface area contributed by atoms with E-state index in [1.807, 2.05) is 30.3 Å². The van der Waals surface area contributed by atoms with Crippen LogP contribution in [0.4, 0.5) is 5.82 Å². The lowest BCUT2D eigenvalue weighted by Gasteiger charge is -1.98. The molecule has 0 aliphatic rings. The molecule has 0 unspecified atom stereocenters. The first kappa shape index (κ1) is 14.7. The van der Waals surface area contributed by atoms with Crippen LogP contribution in [-0.2, 0) is 0 Å². The van der Waals surface area contributed by atoms with E-state index >= 15 is 0 Å². The van der Waals surface area contributed by atoms with Gasteiger partial charge in [-0.2, -0.15) is 0 Å². The quantitative estimate of drug-likeness (QED) is 0.560. The molecule has 4 aromatic rings. The van der Waals surface area contributed by atoms with Crippen molar-refractivity contribution in [1.29, 1.82) is 0 Å². The zero-order chi connectivity index (χ0) is 15.9. The smallest absolute Gasteiger partial charge is 0.161 e. The predicted molar refractivity (Wildman–Crippen MR) is 95.8 cm³/mol. The number of hydrogen-bond acceptors (Lipinski definition) is 3. The Balaban J connectivity index is 0.000000136. The molecule has 0 bridgehead atoms. The maximum atomic E-state index is 5.47. The highest BCUT2D eigenvalue weighted by molar-refractivity contribution is 5.75. The molecular weight excluding hydrogens is 282 g/mol. The zero-order valence-corrected chi connectivity index (χ0v) is 12.6. The summed E-state index contributed by atoms with van der Waals surface area (Å²) in [5.74, 6) is 0.510. The molecular formula is C20H17N3. The largest absolute Gasteiger partial charge is 0.384 e. The fourth-order valence-electron chi connectivity index (χ4n) is 2.23. The van der Waals surface area contributed by atoms with Gasteiger partial charge in [-0.15, -0.1) is 0 Å². The molecule has 0 aliphatic carbocycles. The highest BCUT2D eigenvalue weighted by Crippen LogP contribution is 2.17. The Morgan fingerprint density at radius 2 is 1.22 bits per heavy atom. The van der Waals surface area contributed by atoms with E-state index in [1.54, 1.807) is 12.3 Å². The third-order valence-corrected chi connectivity index (χ3v) is 3.37. The lowest BCUT2D eigenvalue weighted by molar-refractivity contribution is 1.29. The Morgan fingerprint density at radius 1 is 0.609 bits per heavy atom. The van der Waals surface area contributed by atoms with Crippen molar-refractivity contribution in [3.05, 3.63) is 91.1 Å². The molecule has 0 radical (unpaired) electrons. The van der Waals surface area contributed by atoms with Gasteiger partial charge in [0, 0.05) is 11.6 Å². The van der Waals surface area contributed by atoms with Crippen molar-refractivity contribution >= 4 is 16.9 Å². The summed E-state index contributed by atoms with van der Waals surface area (Å²) in [6.45, 7) is 0. The lowest BCUT2D eigenvalue weighted by Crippen LogP contribution is -1.90. The van der Waals surface area contributed by atoms with Gasteiger partial charge in [0.25, 0.3) is 0 Å². The second kappa shape index (κ2) is 7.18. The predicted octanol–water partition coefficient (Wildman–Crippen LogP) is 4.57. The maximum Gasteiger partial charge on any atom is 0.161 e. The number of benzene rings is 2. The van der Waals surface area contributed by atoms with E-state index in [1.165, 1.54) is 11.1 Å². The van der Waals surface area contributed by atoms with Crippen LogP contribution in [0.5, 0.6) is 0 Å². The Labute approximate surface area is 135 Å². The number of rotatable bonds is 1. The van der Waals surface area contributed by atoms with Gasteiger partial charge in [-0.1, -0.05) is 60.7 Å². The van der Waals surface area contributed by atoms with Gasteiger partial charge in [-0.25, -0.2) is 9.97 Å². The van der Waals surface area contributed by atoms with Crippen molar-refractivity contribution in [1.82, 2.24) is 9.97 Å². The molecule has 0 fully saturated rings. The van der Waals surface area contributed by atoms with Gasteiger partial charge in [0.05, 0.1) is 0 Å². The summed E-state index contributed by atoms with van der Waals surface area (Å²) in [6, 6.07) is 28.3. The lowest BCUT2D eigenvalue weighted by atomic mass is 10.1. The number of nitrogens with zero attached hydrogens (tertiary/aromatic N) is 2. The van der Waals surface area contributed by atoms with Gasteiger partial charge < -0.3 is 5.73 Å². The number of nitrogens with two attached hydrogens (primary N) is 1. The van der Waals surface area contributed by atoms with Crippen molar-refractivity contribution in [2.45, 2.75) is 0 Å². The highest BCUT2D eigenvalue weighted by atomic mass is 14.9. The fraction of sp³-hybridized carbons (Fsp3) is 0. The Bertz CT molecular complexity index is 837. The van der Waals surface area contributed by atoms with Crippen LogP contribution < -0.4 is 5.73 Å². The van der Waals surface area contributed by atoms with E-state index in [2.05, 4.69) is 58.5 Å². The molecule has 0 saturated heterocycles. The Hall–Kier alpha value is -3.20. The third kappa shape index (κ3) is 3.92. The van der Waals surface area contributed by atoms with Gasteiger partial charge in [0.15, 0.2) is 5.65 Å². The normalized spacial score (nSPS) is 9.91. The van der Waals surface area contributed by atoms with E-state index in [4.69, 9.17) is 5.73 Å². The van der Waals surface area contributed by atoms with Crippen LogP contribution in [0, 0.1) is 0 Å². The number of nitrogen functional groups attached to an aromatic ring is 1. The van der Waals surface area contributed by atoms with Crippen molar-refractivity contribution < 1.29 is 0 Å². The summed E-state index contributed by atoms with van der Waals surface area (Å²) < 4.78 is 0. The molecule has 2 N–H and O–H groups in total. The number of hydrogen-bond donors (Lipinski definition) is 1. The van der Waals surface area contributed by atoms with Gasteiger partial charge in [0.2, 0.25) is 0 Å². The van der Waals surface area contributed by atoms with Crippen molar-refractivity contribution in [2.75, 3.05) is 5.73 Å². The summed E-state index contributed by atoms with van der Waals surface area (Å²) in [6.07, 6.45) is 1.70. The van der Waals surface area contributed by atoms with E-state index in [9.17, 15) is 0 Å². The van der Waals surface area contributed by atoms with Crippen LogP contribution in [0.2, 0.25) is 0 Å². The van der Waals surface area contributed by atoms with E-state index in [0.717, 1.165) is 5.39 Å². The topological polar surface area (TPSA) is 51.8 Å². The van der Waals surface area contributed by atoms with Gasteiger partial charge >= 0.3 is 0 Å². The zero-order valence-electron chi connectivity index (χ0n) is 12.6. The maximum absolute atomic E-state index is 5.47. The first-order valence-electron chi connectivity index (χ1n) is 7.41. The number of pyridine rings is 2. The molecule has 2 aromatic heterocycles. The van der Waals surface area contributed by atoms with Crippen LogP contribution >= 0.6 is 0 Å². The minimum Gasteiger partial charge on any atom is -0.384 e. The third-order valence-electron chi connectivity index (χ3n) is 3.37. The van der Waals surface area contributed by atoms with Crippen LogP contribution in [0.1, 0.15) is 0 Å². The molecule has 0 amide bonds. The van der Waals surface area contributed by atoms with Crippen LogP contribution in [0.15, 0.2) is 91.1 Å². The second-order valence-electron chi connectivity index (χ2n) is 5.02. The SMILES string of the molecule is Nc1ccc2cccnc2n1.c1ccc(-c2ccccc2)cc1. The first-order chi connectivity index (χ1) is 11.3. The van der Waals surface area contributed by atoms with E-state index < -0.39 is 0 Å². The van der Waals surface area contributed by atoms with Crippen LogP contribution in [0.25, 0.3) is 22.2 Å². The molecule has 0 saturated carbocycles. The molecule has 3 nitrogen and oxygen atoms in total. The van der Waals surface area contributed by atoms with Crippen molar-refractivity contribution in [2.24, 2.45) is 0 Å². The molecule has 112 valence electrons. The summed E-state index contributed by atoms with van der Waals surface area (Å²) >= 11 is 0. The molecule has 2 aromatic carbocycles. The van der Waals surface area contributed by atoms with Crippen molar-refractivity contribution in [3.63, 3.8) is 0 Å². The van der Waals surface area contributed by atoms with Crippen molar-refractivity contribution in [3.8, 4) is 11.1 Å². The number of aromatic nitrogens is 2. The molecule has 3 heteroatoms. The van der Waals surface area contributed by atoms with Gasteiger partial charge in [-0.3, -0.25) is 0 Å². The first-order valence-corrected chi connectivity index (χ1v) is 7.41. The Morgan fingerprint density at radius 3 is 1.83 bits per heavy atom. The van der Waals surface area contributed by atoms with E-state index in [0.29, 0.717) is 11.5 Å². The molecule has 23 heavy (non-hydrogen) atoms. The average molecular weight is 299 g/mol. The summed E-state index contributed by atoms with van der Waals surface area (Å²) in [7, 11) is 0. The molecule has 2 heterocycles. The monoisotopic (exact) mass is 299 g/mol. The number of fused-ring (bicyclic) bond motifs is 1. The summed E-state index contributed by atoms with van der Waals surface area (Å²) in [5, 5.41) is 1.02. The molecule has 0 atom stereocenters. The average Bonchev–Trinajstić information content (AvgIpc) is 2.64. The van der Waals surface area contributed by atoms with Crippen LogP contribution in [-0.4, -0.2) is 9.97 Å². The standard InChI is InChI=1S/C12H10.C8H7N3/c1-3-7-11(8-4-1)12-9-5-2-6-10-12;9-7-4-3-6-2-1-5-10-8(6)11-7/h1-10H;1-5H,(H2,9,10,11). The van der Waals surface area contributed by atoms with Gasteiger partial charge in [-0.05, 0) is 35.4 Å². The highest BCUT2D eigenvalue weighted by Gasteiger charge is 1.93. The fourth-order valence-corrected chi connectivity index (χ4v) is 2.23. The summed E-state index contributed by atoms with van der Waals surface area (Å²) in [4.78, 5) is 8.09. The molecule has 0 aliphatic heterocycles. The minimum atomic E-state index is 0.510. The number of anilines is 1. The van der Waals surface area contributed by atoms with Crippen LogP contribution in [0.3, 0.4) is 0 Å². The summed E-state index contributed by atoms with van der Waals surface area (Å²) in [5.41, 5.74) is 8.73. The van der Waals surface area contributed by atoms with E-state index in [-0.39, 0.29) is 0 Å². The Kier molecular flexibility index (Phi) is 4.60. The minimum absolute atomic E-state index is 0.510. The van der Waals surface area contributed by atoms with Gasteiger partial charge in [0.1, 0.15) is 5.82 Å². The molecule has 0 spiro atoms. The second-order valence-corrected chi connectivity index (χ2v) is 5.02.